The summed E-state index contributed by atoms with van der Waals surface area (Å²) in [7, 11) is -2.00. The second-order valence-corrected chi connectivity index (χ2v) is 8.50. The van der Waals surface area contributed by atoms with Crippen molar-refractivity contribution in [3.8, 4) is 5.75 Å². The van der Waals surface area contributed by atoms with Crippen LogP contribution in [0.3, 0.4) is 0 Å². The van der Waals surface area contributed by atoms with Crippen LogP contribution in [-0.2, 0) is 14.6 Å². The molecule has 2 N–H and O–H groups in total. The molecule has 0 radical (unpaired) electrons. The highest BCUT2D eigenvalue weighted by atomic mass is 79.9. The molecule has 0 aromatic heterocycles. The standard InChI is InChI=1S/C14H19BrN2O4S/c1-21-12-9-10(3-4-11(12)15)17-13(18)14(22(2,19)20)5-7-16-8-6-14/h3-4,9,16H,5-8H2,1-2H3,(H,17,18). The lowest BCUT2D eigenvalue weighted by Gasteiger charge is -2.34. The minimum atomic E-state index is -3.52. The van der Waals surface area contributed by atoms with Gasteiger partial charge in [0, 0.05) is 18.0 Å². The monoisotopic (exact) mass is 390 g/mol. The summed E-state index contributed by atoms with van der Waals surface area (Å²) in [6.45, 7) is 1.01. The zero-order chi connectivity index (χ0) is 16.4. The van der Waals surface area contributed by atoms with Crippen molar-refractivity contribution in [3.05, 3.63) is 22.7 Å². The van der Waals surface area contributed by atoms with E-state index in [0.29, 0.717) is 24.5 Å². The lowest BCUT2D eigenvalue weighted by atomic mass is 9.95. The Labute approximate surface area is 138 Å². The molecule has 0 atom stereocenters. The van der Waals surface area contributed by atoms with Gasteiger partial charge < -0.3 is 15.4 Å². The zero-order valence-corrected chi connectivity index (χ0v) is 14.9. The van der Waals surface area contributed by atoms with Crippen LogP contribution in [0.4, 0.5) is 5.69 Å². The summed E-state index contributed by atoms with van der Waals surface area (Å²) in [4.78, 5) is 12.7. The lowest BCUT2D eigenvalue weighted by Crippen LogP contribution is -2.55. The first kappa shape index (κ1) is 17.2. The molecule has 0 spiro atoms. The Hall–Kier alpha value is -1.12. The van der Waals surface area contributed by atoms with Gasteiger partial charge in [0.2, 0.25) is 5.91 Å². The van der Waals surface area contributed by atoms with E-state index >= 15 is 0 Å². The Balaban J connectivity index is 2.29. The van der Waals surface area contributed by atoms with Crippen molar-refractivity contribution in [1.82, 2.24) is 5.32 Å². The molecule has 1 fully saturated rings. The summed E-state index contributed by atoms with van der Waals surface area (Å²) >= 11 is 3.33. The number of piperidine rings is 1. The van der Waals surface area contributed by atoms with Crippen LogP contribution >= 0.6 is 15.9 Å². The number of amides is 1. The number of rotatable bonds is 4. The number of methoxy groups -OCH3 is 1. The molecule has 0 aliphatic carbocycles. The Kier molecular flexibility index (Phi) is 5.14. The second kappa shape index (κ2) is 6.55. The van der Waals surface area contributed by atoms with E-state index in [1.165, 1.54) is 7.11 Å². The fourth-order valence-corrected chi connectivity index (χ4v) is 4.32. The van der Waals surface area contributed by atoms with Crippen molar-refractivity contribution >= 4 is 37.4 Å². The Morgan fingerprint density at radius 1 is 1.36 bits per heavy atom. The first-order chi connectivity index (χ1) is 10.3. The number of halogens is 1. The van der Waals surface area contributed by atoms with Crippen LogP contribution in [0.25, 0.3) is 0 Å². The van der Waals surface area contributed by atoms with Gasteiger partial charge in [0.25, 0.3) is 0 Å². The predicted octanol–water partition coefficient (Wildman–Crippen LogP) is 1.56. The maximum Gasteiger partial charge on any atom is 0.245 e. The van der Waals surface area contributed by atoms with Crippen LogP contribution < -0.4 is 15.4 Å². The largest absolute Gasteiger partial charge is 0.495 e. The number of sulfone groups is 1. The molecule has 6 nitrogen and oxygen atoms in total. The van der Waals surface area contributed by atoms with Crippen LogP contribution in [0.1, 0.15) is 12.8 Å². The molecule has 1 aliphatic rings. The SMILES string of the molecule is COc1cc(NC(=O)C2(S(C)(=O)=O)CCNCC2)ccc1Br. The van der Waals surface area contributed by atoms with Crippen molar-refractivity contribution < 1.29 is 17.9 Å². The molecular formula is C14H19BrN2O4S. The third kappa shape index (κ3) is 3.28. The van der Waals surface area contributed by atoms with Crippen molar-refractivity contribution in [2.75, 3.05) is 31.8 Å². The van der Waals surface area contributed by atoms with Gasteiger partial charge in [0.15, 0.2) is 14.6 Å². The van der Waals surface area contributed by atoms with E-state index in [0.717, 1.165) is 10.7 Å². The van der Waals surface area contributed by atoms with Crippen LogP contribution in [0, 0.1) is 0 Å². The number of hydrogen-bond acceptors (Lipinski definition) is 5. The highest BCUT2D eigenvalue weighted by molar-refractivity contribution is 9.10. The minimum Gasteiger partial charge on any atom is -0.495 e. The molecule has 1 aromatic carbocycles. The summed E-state index contributed by atoms with van der Waals surface area (Å²) in [5.41, 5.74) is 0.506. The number of hydrogen-bond donors (Lipinski definition) is 2. The third-order valence-corrected chi connectivity index (χ3v) is 6.61. The number of anilines is 1. The van der Waals surface area contributed by atoms with Crippen LogP contribution in [0.2, 0.25) is 0 Å². The van der Waals surface area contributed by atoms with Crippen molar-refractivity contribution in [3.63, 3.8) is 0 Å². The van der Waals surface area contributed by atoms with Gasteiger partial charge in [0.05, 0.1) is 11.6 Å². The van der Waals surface area contributed by atoms with Gasteiger partial charge in [0.1, 0.15) is 5.75 Å². The molecule has 0 unspecified atom stereocenters. The molecular weight excluding hydrogens is 372 g/mol. The number of nitrogens with one attached hydrogen (secondary N) is 2. The summed E-state index contributed by atoms with van der Waals surface area (Å²) in [6, 6.07) is 5.09. The molecule has 1 amide bonds. The van der Waals surface area contributed by atoms with Crippen molar-refractivity contribution in [1.29, 1.82) is 0 Å². The molecule has 1 aliphatic heterocycles. The fourth-order valence-electron chi connectivity index (χ4n) is 2.58. The smallest absolute Gasteiger partial charge is 0.245 e. The molecule has 1 aromatic rings. The van der Waals surface area contributed by atoms with Crippen molar-refractivity contribution in [2.45, 2.75) is 17.6 Å². The van der Waals surface area contributed by atoms with Crippen LogP contribution in [0.5, 0.6) is 5.75 Å². The van der Waals surface area contributed by atoms with E-state index < -0.39 is 20.5 Å². The second-order valence-electron chi connectivity index (χ2n) is 5.32. The van der Waals surface area contributed by atoms with Gasteiger partial charge in [-0.25, -0.2) is 8.42 Å². The summed E-state index contributed by atoms with van der Waals surface area (Å²) in [5.74, 6) is 0.0809. The van der Waals surface area contributed by atoms with Crippen LogP contribution in [-0.4, -0.2) is 45.5 Å². The van der Waals surface area contributed by atoms with E-state index in [1.54, 1.807) is 18.2 Å². The van der Waals surface area contributed by atoms with Crippen molar-refractivity contribution in [2.24, 2.45) is 0 Å². The Morgan fingerprint density at radius 2 is 2.00 bits per heavy atom. The molecule has 122 valence electrons. The predicted molar refractivity (Wildman–Crippen MR) is 89.0 cm³/mol. The van der Waals surface area contributed by atoms with Gasteiger partial charge in [-0.3, -0.25) is 4.79 Å². The lowest BCUT2D eigenvalue weighted by molar-refractivity contribution is -0.119. The summed E-state index contributed by atoms with van der Waals surface area (Å²) in [6.07, 6.45) is 1.66. The van der Waals surface area contributed by atoms with E-state index in [-0.39, 0.29) is 12.8 Å². The van der Waals surface area contributed by atoms with Gasteiger partial charge in [-0.05, 0) is 54.0 Å². The van der Waals surface area contributed by atoms with E-state index in [2.05, 4.69) is 26.6 Å². The topological polar surface area (TPSA) is 84.5 Å². The highest BCUT2D eigenvalue weighted by Crippen LogP contribution is 2.32. The first-order valence-electron chi connectivity index (χ1n) is 6.85. The molecule has 8 heteroatoms. The zero-order valence-electron chi connectivity index (χ0n) is 12.5. The summed E-state index contributed by atoms with van der Waals surface area (Å²) in [5, 5.41) is 5.80. The molecule has 0 saturated carbocycles. The molecule has 1 saturated heterocycles. The minimum absolute atomic E-state index is 0.269. The van der Waals surface area contributed by atoms with Crippen LogP contribution in [0.15, 0.2) is 22.7 Å². The average Bonchev–Trinajstić information content (AvgIpc) is 2.48. The average molecular weight is 391 g/mol. The van der Waals surface area contributed by atoms with E-state index in [1.807, 2.05) is 0 Å². The van der Waals surface area contributed by atoms with Gasteiger partial charge in [-0.2, -0.15) is 0 Å². The highest BCUT2D eigenvalue weighted by Gasteiger charge is 2.48. The molecule has 22 heavy (non-hydrogen) atoms. The third-order valence-electron chi connectivity index (χ3n) is 3.94. The summed E-state index contributed by atoms with van der Waals surface area (Å²) < 4.78 is 29.0. The van der Waals surface area contributed by atoms with E-state index in [9.17, 15) is 13.2 Å². The molecule has 2 rings (SSSR count). The van der Waals surface area contributed by atoms with Gasteiger partial charge in [-0.1, -0.05) is 0 Å². The number of benzene rings is 1. The maximum absolute atomic E-state index is 12.7. The quantitative estimate of drug-likeness (QED) is 0.814. The number of carbonyl (C=O) groups excluding carboxylic acids is 1. The maximum atomic E-state index is 12.7. The first-order valence-corrected chi connectivity index (χ1v) is 9.54. The fraction of sp³-hybridized carbons (Fsp3) is 0.500. The Bertz CT molecular complexity index is 669. The van der Waals surface area contributed by atoms with E-state index in [4.69, 9.17) is 4.74 Å². The molecule has 1 heterocycles. The Morgan fingerprint density at radius 3 is 2.55 bits per heavy atom. The number of ether oxygens (including phenoxy) is 1. The molecule has 0 bridgehead atoms. The normalized spacial score (nSPS) is 17.8. The van der Waals surface area contributed by atoms with Gasteiger partial charge in [-0.15, -0.1) is 0 Å². The van der Waals surface area contributed by atoms with Gasteiger partial charge >= 0.3 is 0 Å². The number of carbonyl (C=O) groups is 1.